The van der Waals surface area contributed by atoms with Gasteiger partial charge in [-0.3, -0.25) is 9.59 Å². The number of ether oxygens (including phenoxy) is 1. The third-order valence-electron chi connectivity index (χ3n) is 9.15. The van der Waals surface area contributed by atoms with Crippen LogP contribution in [0.3, 0.4) is 0 Å². The highest BCUT2D eigenvalue weighted by molar-refractivity contribution is 5.98. The van der Waals surface area contributed by atoms with Crippen LogP contribution in [0.5, 0.6) is 5.75 Å². The second kappa shape index (κ2) is 11.7. The SMILES string of the molecule is COc1ccc(-c2nc(C(=O)N3CCC4(CC3)CN(C(=O)C(C)C)C4c3ccccc3)c([C@H](C)N)o2)c2ccc(C(F)(F)F)nc12. The predicted octanol–water partition coefficient (Wildman–Crippen LogP) is 6.40. The molecule has 0 aliphatic carbocycles. The summed E-state index contributed by atoms with van der Waals surface area (Å²) in [5.41, 5.74) is 6.51. The lowest BCUT2D eigenvalue weighted by molar-refractivity contribution is -0.165. The van der Waals surface area contributed by atoms with Crippen molar-refractivity contribution in [3.8, 4) is 17.2 Å². The molecule has 6 rings (SSSR count). The molecule has 242 valence electrons. The molecule has 1 unspecified atom stereocenters. The molecule has 2 aliphatic heterocycles. The first-order valence-electron chi connectivity index (χ1n) is 15.3. The molecule has 0 saturated carbocycles. The van der Waals surface area contributed by atoms with Crippen molar-refractivity contribution < 1.29 is 31.9 Å². The number of nitrogens with zero attached hydrogens (tertiary/aromatic N) is 4. The van der Waals surface area contributed by atoms with Gasteiger partial charge in [-0.05, 0) is 49.6 Å². The lowest BCUT2D eigenvalue weighted by Crippen LogP contribution is -2.64. The number of aromatic nitrogens is 2. The Morgan fingerprint density at radius 2 is 1.72 bits per heavy atom. The van der Waals surface area contributed by atoms with Crippen LogP contribution < -0.4 is 10.5 Å². The van der Waals surface area contributed by atoms with Crippen molar-refractivity contribution >= 4 is 22.7 Å². The summed E-state index contributed by atoms with van der Waals surface area (Å²) < 4.78 is 51.7. The van der Waals surface area contributed by atoms with Crippen LogP contribution in [0.25, 0.3) is 22.4 Å². The number of methoxy groups -OCH3 is 1. The highest BCUT2D eigenvalue weighted by Gasteiger charge is 2.56. The summed E-state index contributed by atoms with van der Waals surface area (Å²) in [5.74, 6) is 0.0473. The zero-order valence-corrected chi connectivity index (χ0v) is 26.1. The molecular weight excluding hydrogens is 599 g/mol. The average molecular weight is 636 g/mol. The maximum atomic E-state index is 13.9. The molecule has 12 heteroatoms. The average Bonchev–Trinajstić information content (AvgIpc) is 3.48. The van der Waals surface area contributed by atoms with Crippen LogP contribution in [0.15, 0.2) is 59.0 Å². The number of piperidine rings is 1. The molecule has 4 aromatic rings. The first-order valence-corrected chi connectivity index (χ1v) is 15.3. The van der Waals surface area contributed by atoms with E-state index in [4.69, 9.17) is 14.9 Å². The lowest BCUT2D eigenvalue weighted by Gasteiger charge is -2.61. The van der Waals surface area contributed by atoms with Gasteiger partial charge in [-0.15, -0.1) is 0 Å². The Morgan fingerprint density at radius 3 is 2.33 bits per heavy atom. The molecule has 1 spiro atoms. The molecule has 2 saturated heterocycles. The minimum absolute atomic E-state index is 0.0111. The number of halogens is 3. The number of carbonyl (C=O) groups is 2. The molecule has 2 aliphatic rings. The minimum atomic E-state index is -4.64. The molecule has 2 atom stereocenters. The van der Waals surface area contributed by atoms with Gasteiger partial charge in [-0.1, -0.05) is 44.2 Å². The van der Waals surface area contributed by atoms with Crippen molar-refractivity contribution in [2.24, 2.45) is 17.1 Å². The number of pyridine rings is 1. The molecular formula is C34H36F3N5O4. The van der Waals surface area contributed by atoms with E-state index >= 15 is 0 Å². The zero-order chi connectivity index (χ0) is 33.0. The van der Waals surface area contributed by atoms with Crippen LogP contribution in [0, 0.1) is 11.3 Å². The number of hydrogen-bond donors (Lipinski definition) is 1. The van der Waals surface area contributed by atoms with Gasteiger partial charge in [0.2, 0.25) is 11.8 Å². The van der Waals surface area contributed by atoms with Gasteiger partial charge in [0.15, 0.2) is 11.5 Å². The Labute approximate surface area is 264 Å². The smallest absolute Gasteiger partial charge is 0.433 e. The second-order valence-corrected chi connectivity index (χ2v) is 12.5. The van der Waals surface area contributed by atoms with E-state index in [-0.39, 0.29) is 57.8 Å². The van der Waals surface area contributed by atoms with E-state index in [0.717, 1.165) is 11.6 Å². The first kappa shape index (κ1) is 31.5. The molecule has 9 nitrogen and oxygen atoms in total. The zero-order valence-electron chi connectivity index (χ0n) is 26.1. The van der Waals surface area contributed by atoms with Gasteiger partial charge in [0, 0.05) is 41.9 Å². The van der Waals surface area contributed by atoms with Crippen molar-refractivity contribution in [2.45, 2.75) is 51.9 Å². The number of rotatable bonds is 6. The minimum Gasteiger partial charge on any atom is -0.494 e. The van der Waals surface area contributed by atoms with E-state index in [1.165, 1.54) is 19.2 Å². The van der Waals surface area contributed by atoms with Gasteiger partial charge in [-0.2, -0.15) is 13.2 Å². The molecule has 4 heterocycles. The van der Waals surface area contributed by atoms with Crippen LogP contribution in [-0.2, 0) is 11.0 Å². The Kier molecular flexibility index (Phi) is 8.04. The third kappa shape index (κ3) is 5.38. The molecule has 0 bridgehead atoms. The molecule has 0 radical (unpaired) electrons. The first-order chi connectivity index (χ1) is 21.8. The summed E-state index contributed by atoms with van der Waals surface area (Å²) in [6.07, 6.45) is -3.24. The monoisotopic (exact) mass is 635 g/mol. The Balaban J connectivity index is 1.28. The molecule has 46 heavy (non-hydrogen) atoms. The maximum Gasteiger partial charge on any atom is 0.433 e. The third-order valence-corrected chi connectivity index (χ3v) is 9.15. The van der Waals surface area contributed by atoms with Crippen molar-refractivity contribution in [3.05, 3.63) is 77.3 Å². The predicted molar refractivity (Wildman–Crippen MR) is 165 cm³/mol. The van der Waals surface area contributed by atoms with E-state index in [0.29, 0.717) is 43.4 Å². The number of fused-ring (bicyclic) bond motifs is 1. The summed E-state index contributed by atoms with van der Waals surface area (Å²) in [5, 5.41) is 0.321. The summed E-state index contributed by atoms with van der Waals surface area (Å²) in [7, 11) is 1.35. The number of amides is 2. The van der Waals surface area contributed by atoms with Crippen LogP contribution in [-0.4, -0.2) is 58.3 Å². The molecule has 2 fully saturated rings. The molecule has 2 aromatic heterocycles. The van der Waals surface area contributed by atoms with Crippen molar-refractivity contribution in [1.29, 1.82) is 0 Å². The normalized spacial score (nSPS) is 18.6. The fourth-order valence-electron chi connectivity index (χ4n) is 6.79. The highest BCUT2D eigenvalue weighted by atomic mass is 19.4. The van der Waals surface area contributed by atoms with E-state index < -0.39 is 17.9 Å². The summed E-state index contributed by atoms with van der Waals surface area (Å²) in [6.45, 7) is 7.05. The van der Waals surface area contributed by atoms with Gasteiger partial charge >= 0.3 is 6.18 Å². The number of carbonyl (C=O) groups excluding carboxylic acids is 2. The van der Waals surface area contributed by atoms with Crippen LogP contribution in [0.2, 0.25) is 0 Å². The number of nitrogens with two attached hydrogens (primary N) is 1. The van der Waals surface area contributed by atoms with Crippen LogP contribution >= 0.6 is 0 Å². The number of oxazole rings is 1. The molecule has 2 N–H and O–H groups in total. The fraction of sp³-hybridized carbons (Fsp3) is 0.412. The summed E-state index contributed by atoms with van der Waals surface area (Å²) in [6, 6.07) is 14.6. The maximum absolute atomic E-state index is 13.9. The number of alkyl halides is 3. The van der Waals surface area contributed by atoms with Crippen LogP contribution in [0.4, 0.5) is 13.2 Å². The van der Waals surface area contributed by atoms with Crippen molar-refractivity contribution in [3.63, 3.8) is 0 Å². The number of hydrogen-bond acceptors (Lipinski definition) is 7. The number of benzene rings is 2. The van der Waals surface area contributed by atoms with E-state index in [2.05, 4.69) is 22.1 Å². The van der Waals surface area contributed by atoms with Crippen molar-refractivity contribution in [2.75, 3.05) is 26.7 Å². The molecule has 2 aromatic carbocycles. The van der Waals surface area contributed by atoms with E-state index in [1.54, 1.807) is 17.9 Å². The number of likely N-dealkylation sites (tertiary alicyclic amines) is 2. The largest absolute Gasteiger partial charge is 0.494 e. The lowest BCUT2D eigenvalue weighted by atomic mass is 9.62. The van der Waals surface area contributed by atoms with E-state index in [1.807, 2.05) is 36.9 Å². The summed E-state index contributed by atoms with van der Waals surface area (Å²) in [4.78, 5) is 39.1. The van der Waals surface area contributed by atoms with Crippen LogP contribution in [0.1, 0.15) is 73.2 Å². The van der Waals surface area contributed by atoms with E-state index in [9.17, 15) is 22.8 Å². The van der Waals surface area contributed by atoms with Gasteiger partial charge < -0.3 is 24.7 Å². The van der Waals surface area contributed by atoms with Gasteiger partial charge in [-0.25, -0.2) is 9.97 Å². The fourth-order valence-corrected chi connectivity index (χ4v) is 6.79. The van der Waals surface area contributed by atoms with Gasteiger partial charge in [0.1, 0.15) is 17.0 Å². The second-order valence-electron chi connectivity index (χ2n) is 12.5. The molecule has 2 amide bonds. The van der Waals surface area contributed by atoms with Crippen molar-refractivity contribution in [1.82, 2.24) is 19.8 Å². The highest BCUT2D eigenvalue weighted by Crippen LogP contribution is 2.55. The Bertz CT molecular complexity index is 1780. The van der Waals surface area contributed by atoms with Gasteiger partial charge in [0.25, 0.3) is 5.91 Å². The summed E-state index contributed by atoms with van der Waals surface area (Å²) >= 11 is 0. The Hall–Kier alpha value is -4.45. The van der Waals surface area contributed by atoms with Gasteiger partial charge in [0.05, 0.1) is 19.2 Å². The standard InChI is InChI=1S/C34H36F3N5O4/c1-19(2)31(43)42-18-33(29(42)21-8-6-5-7-9-21)14-16-41(17-15-33)32(44)27-28(20(3)38)46-30(40-27)23-10-12-24(45-4)26-22(23)11-13-25(39-26)34(35,36)37/h5-13,19-20,29H,14-18,38H2,1-4H3/t20-,29?/m0/s1. The quantitative estimate of drug-likeness (QED) is 0.261. The topological polar surface area (TPSA) is 115 Å². The Morgan fingerprint density at radius 1 is 1.02 bits per heavy atom.